The van der Waals surface area contributed by atoms with Gasteiger partial charge in [-0.2, -0.15) is 0 Å². The third kappa shape index (κ3) is 3.50. The molecule has 1 heterocycles. The molecule has 5 heteroatoms. The molecule has 1 unspecified atom stereocenters. The largest absolute Gasteiger partial charge is 0.497 e. The Kier molecular flexibility index (Phi) is 4.67. The van der Waals surface area contributed by atoms with Crippen molar-refractivity contribution < 1.29 is 4.74 Å². The third-order valence-electron chi connectivity index (χ3n) is 3.46. The van der Waals surface area contributed by atoms with Crippen molar-refractivity contribution in [2.45, 2.75) is 17.4 Å². The number of fused-ring (bicyclic) bond motifs is 1. The van der Waals surface area contributed by atoms with E-state index >= 15 is 0 Å². The van der Waals surface area contributed by atoms with E-state index < -0.39 is 0 Å². The zero-order valence-corrected chi connectivity index (χ0v) is 14.7. The minimum Gasteiger partial charge on any atom is -0.497 e. The van der Waals surface area contributed by atoms with Gasteiger partial charge in [0.15, 0.2) is 0 Å². The number of nitrogens with one attached hydrogen (secondary N) is 1. The Morgan fingerprint density at radius 2 is 2.14 bits per heavy atom. The lowest BCUT2D eigenvalue weighted by Crippen LogP contribution is -2.16. The van der Waals surface area contributed by atoms with Crippen molar-refractivity contribution in [2.75, 3.05) is 18.2 Å². The summed E-state index contributed by atoms with van der Waals surface area (Å²) in [4.78, 5) is 1.31. The van der Waals surface area contributed by atoms with E-state index in [1.54, 1.807) is 7.11 Å². The molecule has 0 fully saturated rings. The van der Waals surface area contributed by atoms with Gasteiger partial charge < -0.3 is 10.1 Å². The topological polar surface area (TPSA) is 21.3 Å². The second-order valence-corrected chi connectivity index (χ2v) is 7.38. The molecule has 0 amide bonds. The molecular formula is C16H15BrClNOS. The summed E-state index contributed by atoms with van der Waals surface area (Å²) in [5.74, 6) is 1.95. The van der Waals surface area contributed by atoms with Gasteiger partial charge in [-0.15, -0.1) is 11.8 Å². The van der Waals surface area contributed by atoms with Crippen molar-refractivity contribution in [1.82, 2.24) is 0 Å². The first kappa shape index (κ1) is 15.1. The van der Waals surface area contributed by atoms with Gasteiger partial charge in [-0.05, 0) is 42.3 Å². The van der Waals surface area contributed by atoms with E-state index in [0.29, 0.717) is 0 Å². The summed E-state index contributed by atoms with van der Waals surface area (Å²) in [6, 6.07) is 12.4. The molecule has 0 spiro atoms. The fraction of sp³-hybridized carbons (Fsp3) is 0.250. The summed E-state index contributed by atoms with van der Waals surface area (Å²) < 4.78 is 6.32. The number of halogens is 2. The summed E-state index contributed by atoms with van der Waals surface area (Å²) >= 11 is 11.6. The van der Waals surface area contributed by atoms with Gasteiger partial charge in [0.1, 0.15) is 5.75 Å². The van der Waals surface area contributed by atoms with Crippen LogP contribution in [0.25, 0.3) is 0 Å². The summed E-state index contributed by atoms with van der Waals surface area (Å²) in [5.41, 5.74) is 2.32. The molecule has 2 nitrogen and oxygen atoms in total. The van der Waals surface area contributed by atoms with Gasteiger partial charge in [0.2, 0.25) is 0 Å². The molecule has 1 aliphatic rings. The summed E-state index contributed by atoms with van der Waals surface area (Å²) in [6.07, 6.45) is 1.08. The number of hydrogen-bond acceptors (Lipinski definition) is 3. The van der Waals surface area contributed by atoms with Crippen LogP contribution in [0.2, 0.25) is 5.02 Å². The molecular weight excluding hydrogens is 370 g/mol. The van der Waals surface area contributed by atoms with Crippen LogP contribution in [0.4, 0.5) is 5.69 Å². The Morgan fingerprint density at radius 1 is 1.29 bits per heavy atom. The second kappa shape index (κ2) is 6.51. The van der Waals surface area contributed by atoms with Crippen LogP contribution in [-0.4, -0.2) is 12.9 Å². The molecule has 0 aromatic heterocycles. The Morgan fingerprint density at radius 3 is 2.95 bits per heavy atom. The molecule has 0 saturated heterocycles. The molecule has 1 N–H and O–H groups in total. The third-order valence-corrected chi connectivity index (χ3v) is 5.27. The normalized spacial score (nSPS) is 17.2. The predicted octanol–water partition coefficient (Wildman–Crippen LogP) is 5.76. The second-order valence-electron chi connectivity index (χ2n) is 4.90. The first-order valence-corrected chi connectivity index (χ1v) is 8.85. The lowest BCUT2D eigenvalue weighted by Gasteiger charge is -2.27. The zero-order chi connectivity index (χ0) is 14.8. The highest BCUT2D eigenvalue weighted by Crippen LogP contribution is 2.39. The van der Waals surface area contributed by atoms with Crippen LogP contribution in [0.3, 0.4) is 0 Å². The maximum Gasteiger partial charge on any atom is 0.122 e. The van der Waals surface area contributed by atoms with Gasteiger partial charge in [-0.25, -0.2) is 0 Å². The molecule has 0 saturated carbocycles. The van der Waals surface area contributed by atoms with E-state index in [9.17, 15) is 0 Å². The first-order chi connectivity index (χ1) is 10.2. The number of methoxy groups -OCH3 is 1. The minimum absolute atomic E-state index is 0.277. The lowest BCUT2D eigenvalue weighted by atomic mass is 10.0. The maximum absolute atomic E-state index is 6.15. The number of rotatable bonds is 3. The Bertz CT molecular complexity index is 665. The van der Waals surface area contributed by atoms with Gasteiger partial charge in [0.25, 0.3) is 0 Å². The fourth-order valence-electron chi connectivity index (χ4n) is 2.48. The highest BCUT2D eigenvalue weighted by Gasteiger charge is 2.21. The van der Waals surface area contributed by atoms with Crippen LogP contribution < -0.4 is 10.1 Å². The van der Waals surface area contributed by atoms with Crippen molar-refractivity contribution in [1.29, 1.82) is 0 Å². The Labute approximate surface area is 142 Å². The Balaban J connectivity index is 1.90. The van der Waals surface area contributed by atoms with E-state index in [1.807, 2.05) is 30.0 Å². The minimum atomic E-state index is 0.277. The SMILES string of the molecule is COc1cc(Br)cc(NC2CCSc3ccc(Cl)cc32)c1. The fourth-order valence-corrected chi connectivity index (χ4v) is 4.24. The van der Waals surface area contributed by atoms with Crippen LogP contribution >= 0.6 is 39.3 Å². The van der Waals surface area contributed by atoms with Gasteiger partial charge in [-0.3, -0.25) is 0 Å². The number of ether oxygens (including phenoxy) is 1. The molecule has 0 radical (unpaired) electrons. The summed E-state index contributed by atoms with van der Waals surface area (Å²) in [6.45, 7) is 0. The average molecular weight is 385 g/mol. The van der Waals surface area contributed by atoms with Gasteiger partial charge in [0, 0.05) is 31.9 Å². The van der Waals surface area contributed by atoms with Crippen molar-refractivity contribution in [2.24, 2.45) is 0 Å². The monoisotopic (exact) mass is 383 g/mol. The van der Waals surface area contributed by atoms with Crippen molar-refractivity contribution in [3.05, 3.63) is 51.5 Å². The molecule has 21 heavy (non-hydrogen) atoms. The number of anilines is 1. The van der Waals surface area contributed by atoms with Crippen molar-refractivity contribution in [3.63, 3.8) is 0 Å². The number of hydrogen-bond donors (Lipinski definition) is 1. The van der Waals surface area contributed by atoms with Crippen LogP contribution in [0, 0.1) is 0 Å². The molecule has 2 aromatic carbocycles. The lowest BCUT2D eigenvalue weighted by molar-refractivity contribution is 0.414. The van der Waals surface area contributed by atoms with Crippen LogP contribution in [0.15, 0.2) is 45.8 Å². The smallest absolute Gasteiger partial charge is 0.122 e. The molecule has 0 bridgehead atoms. The molecule has 0 aliphatic carbocycles. The molecule has 1 aliphatic heterocycles. The quantitative estimate of drug-likeness (QED) is 0.727. The van der Waals surface area contributed by atoms with Crippen LogP contribution in [0.5, 0.6) is 5.75 Å². The molecule has 110 valence electrons. The van der Waals surface area contributed by atoms with E-state index in [-0.39, 0.29) is 6.04 Å². The van der Waals surface area contributed by atoms with E-state index in [1.165, 1.54) is 10.5 Å². The molecule has 2 aromatic rings. The Hall–Kier alpha value is -0.840. The van der Waals surface area contributed by atoms with Crippen molar-refractivity contribution >= 4 is 45.0 Å². The van der Waals surface area contributed by atoms with Crippen LogP contribution in [0.1, 0.15) is 18.0 Å². The number of benzene rings is 2. The number of thioether (sulfide) groups is 1. The summed E-state index contributed by atoms with van der Waals surface area (Å²) in [7, 11) is 1.68. The standard InChI is InChI=1S/C16H15BrClNOS/c1-20-13-7-10(17)6-12(9-13)19-15-4-5-21-16-3-2-11(18)8-14(15)16/h2-3,6-9,15,19H,4-5H2,1H3. The summed E-state index contributed by atoms with van der Waals surface area (Å²) in [5, 5.41) is 4.38. The van der Waals surface area contributed by atoms with E-state index in [2.05, 4.69) is 39.4 Å². The highest BCUT2D eigenvalue weighted by atomic mass is 79.9. The predicted molar refractivity (Wildman–Crippen MR) is 93.9 cm³/mol. The van der Waals surface area contributed by atoms with E-state index in [4.69, 9.17) is 16.3 Å². The van der Waals surface area contributed by atoms with Crippen molar-refractivity contribution in [3.8, 4) is 5.75 Å². The van der Waals surface area contributed by atoms with Gasteiger partial charge >= 0.3 is 0 Å². The van der Waals surface area contributed by atoms with Gasteiger partial charge in [-0.1, -0.05) is 27.5 Å². The first-order valence-electron chi connectivity index (χ1n) is 6.69. The highest BCUT2D eigenvalue weighted by molar-refractivity contribution is 9.10. The van der Waals surface area contributed by atoms with E-state index in [0.717, 1.165) is 33.1 Å². The maximum atomic E-state index is 6.15. The average Bonchev–Trinajstić information content (AvgIpc) is 2.47. The zero-order valence-electron chi connectivity index (χ0n) is 11.5. The molecule has 1 atom stereocenters. The van der Waals surface area contributed by atoms with Gasteiger partial charge in [0.05, 0.1) is 13.2 Å². The molecule has 3 rings (SSSR count). The van der Waals surface area contributed by atoms with Crippen LogP contribution in [-0.2, 0) is 0 Å².